The highest BCUT2D eigenvalue weighted by molar-refractivity contribution is 7.91. The van der Waals surface area contributed by atoms with Crippen LogP contribution in [0.4, 0.5) is 23.0 Å². The van der Waals surface area contributed by atoms with Crippen LogP contribution < -0.4 is 22.3 Å². The number of hydrazone groups is 2. The Kier molecular flexibility index (Phi) is 7.40. The summed E-state index contributed by atoms with van der Waals surface area (Å²) >= 11 is 2.37. The summed E-state index contributed by atoms with van der Waals surface area (Å²) in [7, 11) is -3.80. The average molecular weight is 549 g/mol. The van der Waals surface area contributed by atoms with Crippen LogP contribution in [0.25, 0.3) is 0 Å². The van der Waals surface area contributed by atoms with E-state index >= 15 is 0 Å². The third-order valence-corrected chi connectivity index (χ3v) is 8.10. The monoisotopic (exact) mass is 548 g/mol. The normalized spacial score (nSPS) is 11.9. The van der Waals surface area contributed by atoms with Gasteiger partial charge in [-0.1, -0.05) is 0 Å². The minimum atomic E-state index is -3.80. The number of aromatic nitrogens is 2. The fourth-order valence-corrected chi connectivity index (χ4v) is 5.38. The van der Waals surface area contributed by atoms with Gasteiger partial charge in [0.25, 0.3) is 0 Å². The zero-order chi connectivity index (χ0) is 26.4. The average Bonchev–Trinajstić information content (AvgIpc) is 3.53. The SMILES string of the molecule is N#C/C(=N\Nc1ccc(S(=O)(=O)c2ccc(N/N=C(\C#N)c3nc(N)cs3)cc2)cc1)c1nc(N)cs1. The number of nitrogens with one attached hydrogen (secondary N) is 2. The second-order valence-electron chi connectivity index (χ2n) is 7.08. The molecule has 2 heterocycles. The molecular formula is C22H16N10O2S3. The molecular weight excluding hydrogens is 533 g/mol. The van der Waals surface area contributed by atoms with Crippen LogP contribution in [0.2, 0.25) is 0 Å². The molecule has 0 amide bonds. The number of nitriles is 2. The quantitative estimate of drug-likeness (QED) is 0.186. The lowest BCUT2D eigenvalue weighted by Crippen LogP contribution is -2.04. The number of anilines is 4. The third kappa shape index (κ3) is 5.88. The van der Waals surface area contributed by atoms with E-state index in [0.29, 0.717) is 33.0 Å². The molecule has 0 unspecified atom stereocenters. The summed E-state index contributed by atoms with van der Waals surface area (Å²) in [6, 6.07) is 15.7. The lowest BCUT2D eigenvalue weighted by atomic mass is 10.3. The first-order valence-corrected chi connectivity index (χ1v) is 13.4. The Morgan fingerprint density at radius 1 is 0.757 bits per heavy atom. The van der Waals surface area contributed by atoms with Crippen LogP contribution in [0.3, 0.4) is 0 Å². The Morgan fingerprint density at radius 2 is 1.14 bits per heavy atom. The summed E-state index contributed by atoms with van der Waals surface area (Å²) in [4.78, 5) is 8.16. The molecule has 0 atom stereocenters. The van der Waals surface area contributed by atoms with Gasteiger partial charge in [0, 0.05) is 10.8 Å². The van der Waals surface area contributed by atoms with Crippen LogP contribution in [0.5, 0.6) is 0 Å². The van der Waals surface area contributed by atoms with Crippen LogP contribution in [0.15, 0.2) is 79.3 Å². The van der Waals surface area contributed by atoms with Gasteiger partial charge in [0.15, 0.2) is 21.4 Å². The van der Waals surface area contributed by atoms with Crippen molar-refractivity contribution in [2.75, 3.05) is 22.3 Å². The Bertz CT molecular complexity index is 1550. The molecule has 2 aromatic heterocycles. The van der Waals surface area contributed by atoms with E-state index in [4.69, 9.17) is 11.5 Å². The summed E-state index contributed by atoms with van der Waals surface area (Å²) < 4.78 is 26.1. The maximum atomic E-state index is 13.0. The second kappa shape index (κ2) is 10.8. The molecule has 6 N–H and O–H groups in total. The van der Waals surface area contributed by atoms with Gasteiger partial charge < -0.3 is 11.5 Å². The summed E-state index contributed by atoms with van der Waals surface area (Å²) in [5.41, 5.74) is 17.6. The van der Waals surface area contributed by atoms with E-state index < -0.39 is 9.84 Å². The van der Waals surface area contributed by atoms with Crippen LogP contribution in [-0.4, -0.2) is 29.8 Å². The third-order valence-electron chi connectivity index (χ3n) is 4.58. The van der Waals surface area contributed by atoms with Crippen molar-refractivity contribution in [2.24, 2.45) is 10.2 Å². The van der Waals surface area contributed by atoms with E-state index in [1.54, 1.807) is 10.8 Å². The fourth-order valence-electron chi connectivity index (χ4n) is 2.83. The maximum Gasteiger partial charge on any atom is 0.206 e. The van der Waals surface area contributed by atoms with E-state index in [2.05, 4.69) is 31.0 Å². The smallest absolute Gasteiger partial charge is 0.206 e. The summed E-state index contributed by atoms with van der Waals surface area (Å²) in [6.07, 6.45) is 0. The van der Waals surface area contributed by atoms with Gasteiger partial charge in [-0.25, -0.2) is 18.4 Å². The first-order chi connectivity index (χ1) is 17.8. The van der Waals surface area contributed by atoms with Crippen LogP contribution in [-0.2, 0) is 9.84 Å². The lowest BCUT2D eigenvalue weighted by molar-refractivity contribution is 0.596. The van der Waals surface area contributed by atoms with Crippen molar-refractivity contribution < 1.29 is 8.42 Å². The maximum absolute atomic E-state index is 13.0. The molecule has 0 spiro atoms. The van der Waals surface area contributed by atoms with Crippen molar-refractivity contribution in [3.8, 4) is 12.1 Å². The standard InChI is InChI=1S/C22H16N10O2S3/c23-9-17(21-27-19(25)11-35-21)31-29-13-1-5-15(6-2-13)37(33,34)16-7-3-14(4-8-16)30-32-18(10-24)22-28-20(26)12-36-22/h1-8,11-12,29-30H,25-26H2/b31-17+,32-18+. The first kappa shape index (κ1) is 25.3. The molecule has 2 aromatic carbocycles. The zero-order valence-electron chi connectivity index (χ0n) is 18.7. The zero-order valence-corrected chi connectivity index (χ0v) is 21.1. The van der Waals surface area contributed by atoms with Crippen molar-refractivity contribution in [1.82, 2.24) is 9.97 Å². The summed E-state index contributed by atoms with van der Waals surface area (Å²) in [6.45, 7) is 0. The van der Waals surface area contributed by atoms with E-state index in [9.17, 15) is 18.9 Å². The molecule has 0 fully saturated rings. The topological polar surface area (TPSA) is 208 Å². The number of benzene rings is 2. The predicted molar refractivity (Wildman–Crippen MR) is 143 cm³/mol. The van der Waals surface area contributed by atoms with Crippen molar-refractivity contribution >= 4 is 66.9 Å². The molecule has 0 aliphatic carbocycles. The molecule has 12 nitrogen and oxygen atoms in total. The van der Waals surface area contributed by atoms with E-state index in [0.717, 1.165) is 0 Å². The summed E-state index contributed by atoms with van der Waals surface area (Å²) in [5.74, 6) is 0.588. The largest absolute Gasteiger partial charge is 0.383 e. The molecule has 0 saturated carbocycles. The Morgan fingerprint density at radius 3 is 1.43 bits per heavy atom. The van der Waals surface area contributed by atoms with Crippen LogP contribution in [0.1, 0.15) is 10.0 Å². The molecule has 184 valence electrons. The van der Waals surface area contributed by atoms with Crippen LogP contribution >= 0.6 is 22.7 Å². The van der Waals surface area contributed by atoms with Gasteiger partial charge >= 0.3 is 0 Å². The molecule has 37 heavy (non-hydrogen) atoms. The van der Waals surface area contributed by atoms with E-state index in [1.165, 1.54) is 71.2 Å². The Balaban J connectivity index is 1.45. The molecule has 0 aliphatic rings. The Labute approximate surface area is 219 Å². The lowest BCUT2D eigenvalue weighted by Gasteiger charge is -2.07. The minimum absolute atomic E-state index is 0.0501. The number of nitrogen functional groups attached to an aromatic ring is 2. The van der Waals surface area contributed by atoms with Gasteiger partial charge in [-0.05, 0) is 48.5 Å². The minimum Gasteiger partial charge on any atom is -0.383 e. The highest BCUT2D eigenvalue weighted by atomic mass is 32.2. The molecule has 0 bridgehead atoms. The molecule has 15 heteroatoms. The van der Waals surface area contributed by atoms with Crippen molar-refractivity contribution in [3.05, 3.63) is 69.3 Å². The number of sulfone groups is 1. The van der Waals surface area contributed by atoms with Gasteiger partial charge in [-0.2, -0.15) is 20.7 Å². The molecule has 4 aromatic rings. The van der Waals surface area contributed by atoms with Gasteiger partial charge in [-0.15, -0.1) is 22.7 Å². The number of hydrogen-bond donors (Lipinski definition) is 4. The predicted octanol–water partition coefficient (Wildman–Crippen LogP) is 3.28. The van der Waals surface area contributed by atoms with Crippen molar-refractivity contribution in [1.29, 1.82) is 10.5 Å². The van der Waals surface area contributed by atoms with E-state index in [1.807, 2.05) is 12.1 Å². The molecule has 0 radical (unpaired) electrons. The molecule has 0 aliphatic heterocycles. The number of nitrogens with two attached hydrogens (primary N) is 2. The van der Waals surface area contributed by atoms with Crippen molar-refractivity contribution in [2.45, 2.75) is 9.79 Å². The van der Waals surface area contributed by atoms with Crippen molar-refractivity contribution in [3.63, 3.8) is 0 Å². The number of hydrogen-bond acceptors (Lipinski definition) is 14. The highest BCUT2D eigenvalue weighted by Gasteiger charge is 2.17. The Hall–Kier alpha value is -4.83. The summed E-state index contributed by atoms with van der Waals surface area (Å²) in [5, 5.41) is 30.5. The van der Waals surface area contributed by atoms with Gasteiger partial charge in [-0.3, -0.25) is 10.9 Å². The first-order valence-electron chi connectivity index (χ1n) is 10.2. The number of thiazole rings is 2. The second-order valence-corrected chi connectivity index (χ2v) is 10.7. The van der Waals surface area contributed by atoms with Crippen LogP contribution in [0, 0.1) is 22.7 Å². The van der Waals surface area contributed by atoms with E-state index in [-0.39, 0.29) is 21.2 Å². The molecule has 4 rings (SSSR count). The number of rotatable bonds is 8. The highest BCUT2D eigenvalue weighted by Crippen LogP contribution is 2.24. The fraction of sp³-hybridized carbons (Fsp3) is 0. The van der Waals surface area contributed by atoms with Gasteiger partial charge in [0.2, 0.25) is 9.84 Å². The van der Waals surface area contributed by atoms with Gasteiger partial charge in [0.05, 0.1) is 21.2 Å². The van der Waals surface area contributed by atoms with Gasteiger partial charge in [0.1, 0.15) is 23.8 Å². The number of nitrogens with zero attached hydrogens (tertiary/aromatic N) is 6. The molecule has 0 saturated heterocycles.